The summed E-state index contributed by atoms with van der Waals surface area (Å²) in [6.07, 6.45) is 7.29. The van der Waals surface area contributed by atoms with Gasteiger partial charge in [-0.15, -0.1) is 0 Å². The third-order valence-corrected chi connectivity index (χ3v) is 5.69. The molecule has 1 N–H and O–H groups in total. The maximum Gasteiger partial charge on any atom is 0.277 e. The highest BCUT2D eigenvalue weighted by Crippen LogP contribution is 2.44. The Morgan fingerprint density at radius 3 is 2.79 bits per heavy atom. The molecule has 5 rings (SSSR count). The SMILES string of the molecule is Cn1cc(-c2nc(NC(=O)c3cc4n(n3)CCCC4)ccc2C2CC2)ccc1=O. The van der Waals surface area contributed by atoms with Gasteiger partial charge in [0, 0.05) is 37.1 Å². The summed E-state index contributed by atoms with van der Waals surface area (Å²) in [4.78, 5) is 29.2. The zero-order chi connectivity index (χ0) is 20.0. The Morgan fingerprint density at radius 2 is 2.03 bits per heavy atom. The highest BCUT2D eigenvalue weighted by molar-refractivity contribution is 6.02. The molecule has 4 heterocycles. The molecule has 3 aromatic heterocycles. The summed E-state index contributed by atoms with van der Waals surface area (Å²) in [5.74, 6) is 0.749. The van der Waals surface area contributed by atoms with Gasteiger partial charge >= 0.3 is 0 Å². The van der Waals surface area contributed by atoms with Crippen molar-refractivity contribution in [3.8, 4) is 11.3 Å². The third kappa shape index (κ3) is 3.48. The lowest BCUT2D eigenvalue weighted by Crippen LogP contribution is -2.16. The summed E-state index contributed by atoms with van der Waals surface area (Å²) in [6, 6.07) is 9.12. The van der Waals surface area contributed by atoms with Crippen LogP contribution in [-0.2, 0) is 20.0 Å². The monoisotopic (exact) mass is 389 g/mol. The first-order chi connectivity index (χ1) is 14.1. The Bertz CT molecular complexity index is 1130. The molecule has 7 heteroatoms. The standard InChI is InChI=1S/C22H23N5O2/c1-26-13-15(7-10-20(26)28)21-17(14-5-6-14)8-9-19(23-21)24-22(29)18-12-16-4-2-3-11-27(16)25-18/h7-10,12-14H,2-6,11H2,1H3,(H,23,24,29). The first kappa shape index (κ1) is 17.8. The van der Waals surface area contributed by atoms with E-state index in [1.54, 1.807) is 29.9 Å². The number of anilines is 1. The topological polar surface area (TPSA) is 81.8 Å². The highest BCUT2D eigenvalue weighted by atomic mass is 16.2. The number of fused-ring (bicyclic) bond motifs is 1. The summed E-state index contributed by atoms with van der Waals surface area (Å²) in [6.45, 7) is 0.869. The largest absolute Gasteiger partial charge is 0.318 e. The van der Waals surface area contributed by atoms with E-state index in [0.29, 0.717) is 17.4 Å². The number of amides is 1. The number of carbonyl (C=O) groups excluding carboxylic acids is 1. The fourth-order valence-corrected chi connectivity index (χ4v) is 3.94. The van der Waals surface area contributed by atoms with Crippen LogP contribution in [0.5, 0.6) is 0 Å². The van der Waals surface area contributed by atoms with E-state index in [1.165, 1.54) is 5.56 Å². The third-order valence-electron chi connectivity index (χ3n) is 5.69. The van der Waals surface area contributed by atoms with Crippen LogP contribution in [0.25, 0.3) is 11.3 Å². The van der Waals surface area contributed by atoms with Gasteiger partial charge in [0.25, 0.3) is 5.91 Å². The van der Waals surface area contributed by atoms with E-state index in [9.17, 15) is 9.59 Å². The summed E-state index contributed by atoms with van der Waals surface area (Å²) in [5, 5.41) is 7.34. The normalized spacial score (nSPS) is 15.8. The number of pyridine rings is 2. The molecular formula is C22H23N5O2. The van der Waals surface area contributed by atoms with Crippen molar-refractivity contribution in [2.45, 2.75) is 44.6 Å². The molecule has 148 valence electrons. The maximum atomic E-state index is 12.7. The lowest BCUT2D eigenvalue weighted by molar-refractivity contribution is 0.102. The summed E-state index contributed by atoms with van der Waals surface area (Å²) < 4.78 is 3.48. The van der Waals surface area contributed by atoms with Gasteiger partial charge in [0.15, 0.2) is 5.69 Å². The van der Waals surface area contributed by atoms with Gasteiger partial charge in [-0.3, -0.25) is 14.3 Å². The Labute approximate surface area is 168 Å². The molecule has 1 saturated carbocycles. The van der Waals surface area contributed by atoms with E-state index in [4.69, 9.17) is 4.98 Å². The summed E-state index contributed by atoms with van der Waals surface area (Å²) in [7, 11) is 1.73. The number of carbonyl (C=O) groups is 1. The molecular weight excluding hydrogens is 366 g/mol. The quantitative estimate of drug-likeness (QED) is 0.743. The number of aryl methyl sites for hydroxylation is 3. The predicted octanol–water partition coefficient (Wildman–Crippen LogP) is 3.11. The zero-order valence-corrected chi connectivity index (χ0v) is 16.4. The van der Waals surface area contributed by atoms with Crippen LogP contribution >= 0.6 is 0 Å². The molecule has 1 aliphatic heterocycles. The highest BCUT2D eigenvalue weighted by Gasteiger charge is 2.28. The van der Waals surface area contributed by atoms with E-state index in [0.717, 1.165) is 55.6 Å². The molecule has 1 amide bonds. The first-order valence-corrected chi connectivity index (χ1v) is 10.1. The molecule has 0 unspecified atom stereocenters. The van der Waals surface area contributed by atoms with E-state index in [1.807, 2.05) is 22.9 Å². The van der Waals surface area contributed by atoms with Crippen LogP contribution in [0.3, 0.4) is 0 Å². The number of rotatable bonds is 4. The molecule has 1 aliphatic carbocycles. The smallest absolute Gasteiger partial charge is 0.277 e. The number of aromatic nitrogens is 4. The average molecular weight is 389 g/mol. The van der Waals surface area contributed by atoms with Gasteiger partial charge in [0.05, 0.1) is 5.69 Å². The number of hydrogen-bond acceptors (Lipinski definition) is 4. The van der Waals surface area contributed by atoms with Crippen molar-refractivity contribution in [1.82, 2.24) is 19.3 Å². The summed E-state index contributed by atoms with van der Waals surface area (Å²) >= 11 is 0. The first-order valence-electron chi connectivity index (χ1n) is 10.1. The van der Waals surface area contributed by atoms with Crippen molar-refractivity contribution in [2.75, 3.05) is 5.32 Å². The minimum absolute atomic E-state index is 0.0603. The van der Waals surface area contributed by atoms with Crippen molar-refractivity contribution in [3.63, 3.8) is 0 Å². The van der Waals surface area contributed by atoms with E-state index in [-0.39, 0.29) is 11.5 Å². The van der Waals surface area contributed by atoms with E-state index >= 15 is 0 Å². The van der Waals surface area contributed by atoms with Crippen LogP contribution in [0.1, 0.15) is 53.3 Å². The van der Waals surface area contributed by atoms with Gasteiger partial charge in [-0.2, -0.15) is 5.10 Å². The minimum Gasteiger partial charge on any atom is -0.318 e. The van der Waals surface area contributed by atoms with Crippen LogP contribution < -0.4 is 10.9 Å². The molecule has 0 bridgehead atoms. The second-order valence-electron chi connectivity index (χ2n) is 7.93. The van der Waals surface area contributed by atoms with Gasteiger partial charge in [-0.05, 0) is 61.8 Å². The van der Waals surface area contributed by atoms with E-state index in [2.05, 4.69) is 10.4 Å². The molecule has 0 spiro atoms. The minimum atomic E-state index is -0.245. The van der Waals surface area contributed by atoms with Crippen LogP contribution in [0.15, 0.2) is 41.3 Å². The Hall–Kier alpha value is -3.22. The predicted molar refractivity (Wildman–Crippen MR) is 110 cm³/mol. The Kier molecular flexibility index (Phi) is 4.30. The lowest BCUT2D eigenvalue weighted by Gasteiger charge is -2.12. The van der Waals surface area contributed by atoms with Crippen molar-refractivity contribution in [1.29, 1.82) is 0 Å². The van der Waals surface area contributed by atoms with Crippen LogP contribution in [0.4, 0.5) is 5.82 Å². The van der Waals surface area contributed by atoms with Crippen LogP contribution in [0.2, 0.25) is 0 Å². The van der Waals surface area contributed by atoms with Crippen molar-refractivity contribution in [3.05, 3.63) is 63.8 Å². The lowest BCUT2D eigenvalue weighted by atomic mass is 10.0. The molecule has 0 saturated heterocycles. The van der Waals surface area contributed by atoms with Gasteiger partial charge in [-0.25, -0.2) is 4.98 Å². The molecule has 1 fully saturated rings. The second-order valence-corrected chi connectivity index (χ2v) is 7.93. The molecule has 0 radical (unpaired) electrons. The fourth-order valence-electron chi connectivity index (χ4n) is 3.94. The van der Waals surface area contributed by atoms with Gasteiger partial charge in [0.2, 0.25) is 5.56 Å². The van der Waals surface area contributed by atoms with Gasteiger partial charge in [0.1, 0.15) is 5.82 Å². The maximum absolute atomic E-state index is 12.7. The molecule has 0 aromatic carbocycles. The zero-order valence-electron chi connectivity index (χ0n) is 16.4. The summed E-state index contributed by atoms with van der Waals surface area (Å²) in [5.41, 5.74) is 4.35. The molecule has 7 nitrogen and oxygen atoms in total. The number of nitrogens with one attached hydrogen (secondary N) is 1. The van der Waals surface area contributed by atoms with Crippen LogP contribution in [0, 0.1) is 0 Å². The molecule has 29 heavy (non-hydrogen) atoms. The number of hydrogen-bond donors (Lipinski definition) is 1. The average Bonchev–Trinajstić information content (AvgIpc) is 3.47. The van der Waals surface area contributed by atoms with Gasteiger partial charge < -0.3 is 9.88 Å². The Morgan fingerprint density at radius 1 is 1.17 bits per heavy atom. The van der Waals surface area contributed by atoms with Crippen molar-refractivity contribution in [2.24, 2.45) is 7.05 Å². The number of nitrogens with zero attached hydrogens (tertiary/aromatic N) is 4. The molecule has 0 atom stereocenters. The Balaban J connectivity index is 1.46. The van der Waals surface area contributed by atoms with E-state index < -0.39 is 0 Å². The van der Waals surface area contributed by atoms with Crippen molar-refractivity contribution >= 4 is 11.7 Å². The second kappa shape index (κ2) is 6.99. The van der Waals surface area contributed by atoms with Crippen molar-refractivity contribution < 1.29 is 4.79 Å². The fraction of sp³-hybridized carbons (Fsp3) is 0.364. The van der Waals surface area contributed by atoms with Crippen LogP contribution in [-0.4, -0.2) is 25.2 Å². The van der Waals surface area contributed by atoms with Gasteiger partial charge in [-0.1, -0.05) is 6.07 Å². The molecule has 2 aliphatic rings. The molecule has 3 aromatic rings.